The third kappa shape index (κ3) is 7.86. The monoisotopic (exact) mass is 612 g/mol. The van der Waals surface area contributed by atoms with Crippen LogP contribution in [-0.4, -0.2) is 53.8 Å². The van der Waals surface area contributed by atoms with E-state index in [0.717, 1.165) is 11.1 Å². The van der Waals surface area contributed by atoms with Gasteiger partial charge in [-0.25, -0.2) is 9.98 Å². The van der Waals surface area contributed by atoms with E-state index in [-0.39, 0.29) is 45.6 Å². The lowest BCUT2D eigenvalue weighted by molar-refractivity contribution is -0.385. The largest absolute Gasteiger partial charge is 0.410 e. The molecule has 0 heterocycles. The fourth-order valence-corrected chi connectivity index (χ4v) is 4.10. The summed E-state index contributed by atoms with van der Waals surface area (Å²) < 4.78 is 0. The van der Waals surface area contributed by atoms with Crippen LogP contribution in [-0.2, 0) is 6.42 Å². The second kappa shape index (κ2) is 14.6. The lowest BCUT2D eigenvalue weighted by atomic mass is 10.0. The predicted molar refractivity (Wildman–Crippen MR) is 163 cm³/mol. The van der Waals surface area contributed by atoms with Crippen LogP contribution in [0.1, 0.15) is 22.3 Å². The van der Waals surface area contributed by atoms with Gasteiger partial charge < -0.3 is 10.4 Å². The average Bonchev–Trinajstić information content (AvgIpc) is 3.06. The topological polar surface area (TPSA) is 241 Å². The molecule has 0 saturated heterocycles. The standard InChI is InChI=1S/C29H24N8O8/c38-32-26(20-5-13-24(14-6-20)36(42)43)28(34-40)30-22-9-1-18(2-10-22)17-19-3-11-23(12-4-19)31-29(35-41)27(33-39)21-7-15-25(16-8-21)37(44)45/h1-16,38-41H,17H2,(H,30,34)(H,31,35)/b32-26+,33-27+. The highest BCUT2D eigenvalue weighted by Crippen LogP contribution is 2.21. The summed E-state index contributed by atoms with van der Waals surface area (Å²) >= 11 is 0. The van der Waals surface area contributed by atoms with Gasteiger partial charge in [-0.05, 0) is 66.1 Å². The third-order valence-electron chi connectivity index (χ3n) is 6.33. The number of aliphatic imine (C=N–C) groups is 2. The number of nitro benzene ring substituents is 2. The van der Waals surface area contributed by atoms with Gasteiger partial charge in [-0.2, -0.15) is 0 Å². The molecule has 6 N–H and O–H groups in total. The lowest BCUT2D eigenvalue weighted by Gasteiger charge is -2.09. The average molecular weight is 613 g/mol. The Balaban J connectivity index is 1.46. The molecule has 0 aliphatic heterocycles. The highest BCUT2D eigenvalue weighted by molar-refractivity contribution is 6.48. The van der Waals surface area contributed by atoms with Gasteiger partial charge in [0.1, 0.15) is 0 Å². The van der Waals surface area contributed by atoms with Crippen molar-refractivity contribution in [3.05, 3.63) is 140 Å². The maximum Gasteiger partial charge on any atom is 0.269 e. The Morgan fingerprint density at radius 1 is 0.578 bits per heavy atom. The number of amidine groups is 2. The van der Waals surface area contributed by atoms with Crippen LogP contribution in [0.5, 0.6) is 0 Å². The minimum absolute atomic E-state index is 0.135. The van der Waals surface area contributed by atoms with Crippen molar-refractivity contribution in [1.82, 2.24) is 11.0 Å². The second-order valence-corrected chi connectivity index (χ2v) is 9.16. The minimum Gasteiger partial charge on any atom is -0.410 e. The number of hydrogen-bond donors (Lipinski definition) is 6. The van der Waals surface area contributed by atoms with Gasteiger partial charge in [0.25, 0.3) is 11.4 Å². The normalized spacial score (nSPS) is 12.5. The van der Waals surface area contributed by atoms with Crippen molar-refractivity contribution in [2.45, 2.75) is 6.42 Å². The van der Waals surface area contributed by atoms with E-state index in [1.165, 1.54) is 48.5 Å². The van der Waals surface area contributed by atoms with E-state index < -0.39 is 9.85 Å². The predicted octanol–water partition coefficient (Wildman–Crippen LogP) is 4.87. The van der Waals surface area contributed by atoms with Crippen LogP contribution in [0.2, 0.25) is 0 Å². The van der Waals surface area contributed by atoms with Crippen LogP contribution in [0, 0.1) is 20.2 Å². The third-order valence-corrected chi connectivity index (χ3v) is 6.33. The fourth-order valence-electron chi connectivity index (χ4n) is 4.10. The molecule has 0 atom stereocenters. The number of benzene rings is 4. The number of non-ortho nitro benzene ring substituents is 2. The first-order valence-corrected chi connectivity index (χ1v) is 12.9. The summed E-state index contributed by atoms with van der Waals surface area (Å²) in [6, 6.07) is 24.3. The molecule has 4 rings (SSSR count). The van der Waals surface area contributed by atoms with Gasteiger partial charge in [-0.1, -0.05) is 34.6 Å². The quantitative estimate of drug-likeness (QED) is 0.0466. The summed E-state index contributed by atoms with van der Waals surface area (Å²) in [6.07, 6.45) is 0.530. The first-order chi connectivity index (χ1) is 21.8. The van der Waals surface area contributed by atoms with Gasteiger partial charge in [-0.3, -0.25) is 41.6 Å². The molecular formula is C29H24N8O8. The summed E-state index contributed by atoms with van der Waals surface area (Å²) in [4.78, 5) is 29.2. The zero-order valence-electron chi connectivity index (χ0n) is 23.0. The maximum absolute atomic E-state index is 10.9. The Kier molecular flexibility index (Phi) is 10.2. The summed E-state index contributed by atoms with van der Waals surface area (Å²) in [6.45, 7) is 0. The second-order valence-electron chi connectivity index (χ2n) is 9.16. The van der Waals surface area contributed by atoms with Crippen molar-refractivity contribution in [1.29, 1.82) is 0 Å². The zero-order valence-corrected chi connectivity index (χ0v) is 23.0. The molecule has 16 nitrogen and oxygen atoms in total. The molecule has 0 aliphatic carbocycles. The molecule has 45 heavy (non-hydrogen) atoms. The van der Waals surface area contributed by atoms with Crippen LogP contribution in [0.3, 0.4) is 0 Å². The van der Waals surface area contributed by atoms with E-state index in [4.69, 9.17) is 0 Å². The van der Waals surface area contributed by atoms with Crippen molar-refractivity contribution in [2.75, 3.05) is 0 Å². The van der Waals surface area contributed by atoms with Crippen molar-refractivity contribution in [3.63, 3.8) is 0 Å². The molecule has 0 aromatic heterocycles. The van der Waals surface area contributed by atoms with Crippen LogP contribution in [0.15, 0.2) is 117 Å². The van der Waals surface area contributed by atoms with E-state index in [0.29, 0.717) is 17.8 Å². The van der Waals surface area contributed by atoms with E-state index in [2.05, 4.69) is 20.3 Å². The Hall–Kier alpha value is -6.52. The minimum atomic E-state index is -0.566. The molecule has 0 amide bonds. The highest BCUT2D eigenvalue weighted by Gasteiger charge is 2.16. The van der Waals surface area contributed by atoms with Crippen molar-refractivity contribution < 1.29 is 30.7 Å². The van der Waals surface area contributed by atoms with Gasteiger partial charge in [0.2, 0.25) is 0 Å². The van der Waals surface area contributed by atoms with Gasteiger partial charge in [0, 0.05) is 35.4 Å². The fraction of sp³-hybridized carbons (Fsp3) is 0.0345. The SMILES string of the molecule is O=[N+]([O-])c1ccc(/C(=N\O)C(=Nc2ccc(Cc3ccc(N=C(NO)/C(=N/O)c4ccc([N+](=O)[O-])cc4)cc3)cc2)NO)cc1. The van der Waals surface area contributed by atoms with Crippen LogP contribution in [0.4, 0.5) is 22.7 Å². The highest BCUT2D eigenvalue weighted by atomic mass is 16.6. The molecule has 0 aliphatic rings. The Morgan fingerprint density at radius 2 is 0.911 bits per heavy atom. The number of nitrogens with one attached hydrogen (secondary N) is 2. The van der Waals surface area contributed by atoms with Crippen molar-refractivity contribution >= 4 is 45.8 Å². The molecule has 4 aromatic carbocycles. The molecule has 228 valence electrons. The molecule has 0 unspecified atom stereocenters. The van der Waals surface area contributed by atoms with Gasteiger partial charge in [0.15, 0.2) is 23.1 Å². The van der Waals surface area contributed by atoms with Crippen molar-refractivity contribution in [2.24, 2.45) is 20.3 Å². The van der Waals surface area contributed by atoms with E-state index in [1.54, 1.807) is 24.3 Å². The lowest BCUT2D eigenvalue weighted by Crippen LogP contribution is -2.29. The summed E-state index contributed by atoms with van der Waals surface area (Å²) in [7, 11) is 0. The van der Waals surface area contributed by atoms with E-state index in [9.17, 15) is 41.1 Å². The molecule has 0 spiro atoms. The number of hydroxylamine groups is 2. The van der Waals surface area contributed by atoms with Crippen LogP contribution in [0.25, 0.3) is 0 Å². The molecule has 0 radical (unpaired) electrons. The van der Waals surface area contributed by atoms with Gasteiger partial charge in [0.05, 0.1) is 21.2 Å². The summed E-state index contributed by atoms with van der Waals surface area (Å²) in [5.41, 5.74) is 6.43. The smallest absolute Gasteiger partial charge is 0.269 e. The Labute approximate surface area is 253 Å². The van der Waals surface area contributed by atoms with Gasteiger partial charge >= 0.3 is 0 Å². The number of nitrogens with zero attached hydrogens (tertiary/aromatic N) is 6. The number of oxime groups is 2. The van der Waals surface area contributed by atoms with Crippen LogP contribution < -0.4 is 11.0 Å². The number of nitro groups is 2. The molecule has 0 saturated carbocycles. The maximum atomic E-state index is 10.9. The first-order valence-electron chi connectivity index (χ1n) is 12.9. The zero-order chi connectivity index (χ0) is 32.3. The number of hydrogen-bond acceptors (Lipinski definition) is 12. The summed E-state index contributed by atoms with van der Waals surface area (Å²) in [5, 5.41) is 66.4. The molecule has 0 fully saturated rings. The molecule has 0 bridgehead atoms. The van der Waals surface area contributed by atoms with E-state index in [1.807, 2.05) is 35.2 Å². The number of rotatable bonds is 10. The Bertz CT molecular complexity index is 1650. The Morgan fingerprint density at radius 3 is 1.18 bits per heavy atom. The van der Waals surface area contributed by atoms with E-state index >= 15 is 0 Å². The molecule has 4 aromatic rings. The molecule has 16 heteroatoms. The van der Waals surface area contributed by atoms with Crippen molar-refractivity contribution in [3.8, 4) is 0 Å². The molecular weight excluding hydrogens is 588 g/mol. The van der Waals surface area contributed by atoms with Crippen LogP contribution >= 0.6 is 0 Å². The summed E-state index contributed by atoms with van der Waals surface area (Å²) in [5.74, 6) is -0.370. The van der Waals surface area contributed by atoms with Gasteiger partial charge in [-0.15, -0.1) is 0 Å². The first kappa shape index (κ1) is 31.4.